The minimum absolute atomic E-state index is 0.104. The van der Waals surface area contributed by atoms with E-state index < -0.39 is 0 Å². The maximum absolute atomic E-state index is 12.7. The summed E-state index contributed by atoms with van der Waals surface area (Å²) in [6, 6.07) is 29.1. The molecule has 0 aromatic heterocycles. The van der Waals surface area contributed by atoms with E-state index in [0.717, 1.165) is 36.0 Å². The van der Waals surface area contributed by atoms with Gasteiger partial charge < -0.3 is 10.2 Å². The lowest BCUT2D eigenvalue weighted by Crippen LogP contribution is -3.14. The minimum atomic E-state index is 0.104. The Kier molecular flexibility index (Phi) is 7.22. The molecule has 0 saturated carbocycles. The van der Waals surface area contributed by atoms with Crippen molar-refractivity contribution >= 4 is 23.4 Å². The fourth-order valence-electron chi connectivity index (χ4n) is 4.11. The molecule has 1 fully saturated rings. The second-order valence-corrected chi connectivity index (χ2v) is 9.13. The van der Waals surface area contributed by atoms with E-state index in [1.165, 1.54) is 28.2 Å². The second kappa shape index (κ2) is 10.5. The van der Waals surface area contributed by atoms with Crippen molar-refractivity contribution in [3.8, 4) is 0 Å². The van der Waals surface area contributed by atoms with Crippen LogP contribution in [0.4, 0.5) is 5.69 Å². The van der Waals surface area contributed by atoms with Crippen molar-refractivity contribution in [2.75, 3.05) is 25.0 Å². The highest BCUT2D eigenvalue weighted by molar-refractivity contribution is 7.99. The molecule has 154 valence electrons. The summed E-state index contributed by atoms with van der Waals surface area (Å²) in [6.45, 7) is 2.69. The van der Waals surface area contributed by atoms with Gasteiger partial charge >= 0.3 is 0 Å². The van der Waals surface area contributed by atoms with Crippen molar-refractivity contribution < 1.29 is 9.69 Å². The van der Waals surface area contributed by atoms with Gasteiger partial charge in [-0.2, -0.15) is 0 Å². The first-order valence-electron chi connectivity index (χ1n) is 10.8. The third-order valence-electron chi connectivity index (χ3n) is 5.72. The average molecular weight is 418 g/mol. The number of hydrogen-bond acceptors (Lipinski definition) is 2. The van der Waals surface area contributed by atoms with Crippen LogP contribution < -0.4 is 10.2 Å². The molecule has 1 saturated heterocycles. The fourth-order valence-corrected chi connectivity index (χ4v) is 5.03. The molecular formula is C26H29N2OS+. The topological polar surface area (TPSA) is 33.5 Å². The molecule has 0 spiro atoms. The first kappa shape index (κ1) is 20.7. The molecule has 0 atom stereocenters. The van der Waals surface area contributed by atoms with E-state index >= 15 is 0 Å². The Balaban J connectivity index is 1.27. The summed E-state index contributed by atoms with van der Waals surface area (Å²) in [7, 11) is 0. The van der Waals surface area contributed by atoms with Crippen LogP contribution in [0.1, 0.15) is 18.4 Å². The van der Waals surface area contributed by atoms with Crippen LogP contribution in [-0.2, 0) is 11.2 Å². The smallest absolute Gasteiger partial charge is 0.279 e. The lowest BCUT2D eigenvalue weighted by Gasteiger charge is -2.29. The molecule has 0 radical (unpaired) electrons. The Morgan fingerprint density at radius 1 is 0.867 bits per heavy atom. The molecule has 0 unspecified atom stereocenters. The number of carbonyl (C=O) groups excluding carboxylic acids is 1. The largest absolute Gasteiger partial charge is 0.327 e. The molecule has 4 rings (SSSR count). The van der Waals surface area contributed by atoms with Crippen molar-refractivity contribution in [2.45, 2.75) is 29.1 Å². The maximum atomic E-state index is 12.7. The van der Waals surface area contributed by atoms with Crippen molar-refractivity contribution in [3.63, 3.8) is 0 Å². The van der Waals surface area contributed by atoms with Gasteiger partial charge in [-0.25, -0.2) is 0 Å². The van der Waals surface area contributed by atoms with Gasteiger partial charge in [-0.3, -0.25) is 4.79 Å². The quantitative estimate of drug-likeness (QED) is 0.600. The highest BCUT2D eigenvalue weighted by atomic mass is 32.2. The number of rotatable bonds is 7. The molecule has 1 amide bonds. The van der Waals surface area contributed by atoms with Crippen LogP contribution >= 0.6 is 11.8 Å². The van der Waals surface area contributed by atoms with Crippen LogP contribution in [0.25, 0.3) is 0 Å². The van der Waals surface area contributed by atoms with Gasteiger partial charge in [0.1, 0.15) is 0 Å². The molecule has 3 aromatic rings. The third kappa shape index (κ3) is 5.97. The first-order chi connectivity index (χ1) is 14.8. The van der Waals surface area contributed by atoms with E-state index in [4.69, 9.17) is 0 Å². The second-order valence-electron chi connectivity index (χ2n) is 8.02. The van der Waals surface area contributed by atoms with Gasteiger partial charge in [0.2, 0.25) is 0 Å². The average Bonchev–Trinajstić information content (AvgIpc) is 2.78. The van der Waals surface area contributed by atoms with E-state index in [1.54, 1.807) is 11.8 Å². The van der Waals surface area contributed by atoms with Gasteiger partial charge in [0, 0.05) is 9.79 Å². The number of nitrogens with one attached hydrogen (secondary N) is 2. The first-order valence-corrected chi connectivity index (χ1v) is 11.6. The van der Waals surface area contributed by atoms with Gasteiger partial charge in [0.15, 0.2) is 6.54 Å². The highest BCUT2D eigenvalue weighted by Crippen LogP contribution is 2.33. The minimum Gasteiger partial charge on any atom is -0.327 e. The molecule has 4 heteroatoms. The van der Waals surface area contributed by atoms with Crippen LogP contribution in [0.5, 0.6) is 0 Å². The molecule has 1 aliphatic heterocycles. The molecule has 30 heavy (non-hydrogen) atoms. The standard InChI is InChI=1S/C26H28N2OS/c29-26(20-28-17-15-22(16-18-28)19-21-9-3-1-4-10-21)27-24-13-7-8-14-25(24)30-23-11-5-2-6-12-23/h1-14,22H,15-20H2,(H,27,29)/p+1. The van der Waals surface area contributed by atoms with Crippen LogP contribution in [0.3, 0.4) is 0 Å². The lowest BCUT2D eigenvalue weighted by molar-refractivity contribution is -0.898. The van der Waals surface area contributed by atoms with E-state index in [1.807, 2.05) is 36.4 Å². The zero-order chi connectivity index (χ0) is 20.6. The van der Waals surface area contributed by atoms with Gasteiger partial charge in [0.25, 0.3) is 5.91 Å². The number of quaternary nitrogens is 1. The summed E-state index contributed by atoms with van der Waals surface area (Å²) < 4.78 is 0. The summed E-state index contributed by atoms with van der Waals surface area (Å²) in [5, 5.41) is 3.15. The predicted octanol–water partition coefficient (Wildman–Crippen LogP) is 4.31. The van der Waals surface area contributed by atoms with E-state index in [-0.39, 0.29) is 5.91 Å². The van der Waals surface area contributed by atoms with E-state index in [0.29, 0.717) is 6.54 Å². The number of anilines is 1. The number of carbonyl (C=O) groups is 1. The summed E-state index contributed by atoms with van der Waals surface area (Å²) in [5.41, 5.74) is 2.32. The van der Waals surface area contributed by atoms with Gasteiger partial charge in [0.05, 0.1) is 18.8 Å². The molecule has 0 aliphatic carbocycles. The molecule has 1 heterocycles. The summed E-state index contributed by atoms with van der Waals surface area (Å²) in [5.74, 6) is 0.842. The number of hydrogen-bond donors (Lipinski definition) is 2. The van der Waals surface area contributed by atoms with E-state index in [2.05, 4.69) is 53.8 Å². The molecule has 3 aromatic carbocycles. The molecule has 2 N–H and O–H groups in total. The fraction of sp³-hybridized carbons (Fsp3) is 0.269. The third-order valence-corrected chi connectivity index (χ3v) is 6.81. The Hall–Kier alpha value is -2.56. The Labute approximate surface area is 183 Å². The summed E-state index contributed by atoms with van der Waals surface area (Å²) in [4.78, 5) is 16.4. The monoisotopic (exact) mass is 417 g/mol. The lowest BCUT2D eigenvalue weighted by atomic mass is 9.90. The highest BCUT2D eigenvalue weighted by Gasteiger charge is 2.24. The van der Waals surface area contributed by atoms with Crippen molar-refractivity contribution in [1.82, 2.24) is 0 Å². The van der Waals surface area contributed by atoms with Gasteiger partial charge in [-0.15, -0.1) is 0 Å². The van der Waals surface area contributed by atoms with Crippen LogP contribution in [0, 0.1) is 5.92 Å². The van der Waals surface area contributed by atoms with Crippen LogP contribution in [0.2, 0.25) is 0 Å². The maximum Gasteiger partial charge on any atom is 0.279 e. The van der Waals surface area contributed by atoms with Crippen LogP contribution in [-0.4, -0.2) is 25.5 Å². The molecular weight excluding hydrogens is 388 g/mol. The molecule has 0 bridgehead atoms. The predicted molar refractivity (Wildman–Crippen MR) is 124 cm³/mol. The molecule has 1 aliphatic rings. The number of likely N-dealkylation sites (tertiary alicyclic amines) is 1. The van der Waals surface area contributed by atoms with Crippen molar-refractivity contribution in [1.29, 1.82) is 0 Å². The molecule has 3 nitrogen and oxygen atoms in total. The Morgan fingerprint density at radius 2 is 1.50 bits per heavy atom. The number of para-hydroxylation sites is 1. The van der Waals surface area contributed by atoms with E-state index in [9.17, 15) is 4.79 Å². The Morgan fingerprint density at radius 3 is 2.23 bits per heavy atom. The zero-order valence-corrected chi connectivity index (χ0v) is 18.0. The summed E-state index contributed by atoms with van der Waals surface area (Å²) >= 11 is 1.68. The number of benzene rings is 3. The van der Waals surface area contributed by atoms with Crippen molar-refractivity contribution in [3.05, 3.63) is 90.5 Å². The SMILES string of the molecule is O=C(C[NH+]1CCC(Cc2ccccc2)CC1)Nc1ccccc1Sc1ccccc1. The summed E-state index contributed by atoms with van der Waals surface area (Å²) in [6.07, 6.45) is 3.54. The van der Waals surface area contributed by atoms with Crippen molar-refractivity contribution in [2.24, 2.45) is 5.92 Å². The number of piperidine rings is 1. The van der Waals surface area contributed by atoms with Gasteiger partial charge in [-0.1, -0.05) is 72.4 Å². The Bertz CT molecular complexity index is 938. The normalized spacial score (nSPS) is 18.7. The zero-order valence-electron chi connectivity index (χ0n) is 17.2. The van der Waals surface area contributed by atoms with Gasteiger partial charge in [-0.05, 0) is 55.0 Å². The number of amides is 1. The van der Waals surface area contributed by atoms with Crippen LogP contribution in [0.15, 0.2) is 94.7 Å².